The minimum absolute atomic E-state index is 0.00978. The van der Waals surface area contributed by atoms with Crippen LogP contribution < -0.4 is 10.0 Å². The van der Waals surface area contributed by atoms with Gasteiger partial charge in [0.2, 0.25) is 10.0 Å². The van der Waals surface area contributed by atoms with E-state index in [4.69, 9.17) is 4.74 Å². The van der Waals surface area contributed by atoms with Crippen LogP contribution in [0.3, 0.4) is 0 Å². The van der Waals surface area contributed by atoms with Crippen LogP contribution in [-0.4, -0.2) is 20.6 Å². The highest BCUT2D eigenvalue weighted by atomic mass is 32.2. The van der Waals surface area contributed by atoms with Crippen molar-refractivity contribution >= 4 is 21.8 Å². The number of carbonyl (C=O) groups is 1. The summed E-state index contributed by atoms with van der Waals surface area (Å²) in [6.07, 6.45) is 3.80. The molecule has 1 saturated carbocycles. The Labute approximate surface area is 195 Å². The van der Waals surface area contributed by atoms with Gasteiger partial charge in [-0.3, -0.25) is 5.32 Å². The summed E-state index contributed by atoms with van der Waals surface area (Å²) in [6, 6.07) is 25.1. The van der Waals surface area contributed by atoms with Gasteiger partial charge >= 0.3 is 6.09 Å². The van der Waals surface area contributed by atoms with Crippen molar-refractivity contribution in [2.45, 2.75) is 49.1 Å². The number of carbonyl (C=O) groups excluding carboxylic acids is 1. The van der Waals surface area contributed by atoms with Gasteiger partial charge in [-0.2, -0.15) is 0 Å². The van der Waals surface area contributed by atoms with Gasteiger partial charge in [-0.25, -0.2) is 17.9 Å². The van der Waals surface area contributed by atoms with E-state index in [-0.39, 0.29) is 10.9 Å². The maximum absolute atomic E-state index is 12.7. The van der Waals surface area contributed by atoms with E-state index in [9.17, 15) is 13.2 Å². The van der Waals surface area contributed by atoms with E-state index in [2.05, 4.69) is 10.0 Å². The summed E-state index contributed by atoms with van der Waals surface area (Å²) in [7, 11) is -3.59. The first kappa shape index (κ1) is 23.0. The molecule has 33 heavy (non-hydrogen) atoms. The molecule has 6 nitrogen and oxygen atoms in total. The van der Waals surface area contributed by atoms with E-state index in [1.165, 1.54) is 12.1 Å². The summed E-state index contributed by atoms with van der Waals surface area (Å²) in [4.78, 5) is 12.8. The Morgan fingerprint density at radius 3 is 1.88 bits per heavy atom. The van der Waals surface area contributed by atoms with Crippen molar-refractivity contribution in [2.24, 2.45) is 0 Å². The van der Waals surface area contributed by atoms with E-state index in [1.54, 1.807) is 12.1 Å². The van der Waals surface area contributed by atoms with Gasteiger partial charge in [0.1, 0.15) is 0 Å². The van der Waals surface area contributed by atoms with Crippen molar-refractivity contribution in [3.05, 3.63) is 96.1 Å². The van der Waals surface area contributed by atoms with Gasteiger partial charge in [-0.15, -0.1) is 0 Å². The number of benzene rings is 3. The molecule has 0 radical (unpaired) electrons. The lowest BCUT2D eigenvalue weighted by molar-refractivity contribution is 0.131. The minimum Gasteiger partial charge on any atom is -0.436 e. The molecule has 1 aliphatic carbocycles. The van der Waals surface area contributed by atoms with E-state index >= 15 is 0 Å². The number of sulfonamides is 1. The van der Waals surface area contributed by atoms with E-state index in [0.717, 1.165) is 43.2 Å². The molecule has 0 atom stereocenters. The van der Waals surface area contributed by atoms with Gasteiger partial charge in [0, 0.05) is 11.7 Å². The van der Waals surface area contributed by atoms with Crippen molar-refractivity contribution in [3.8, 4) is 0 Å². The Balaban J connectivity index is 1.42. The van der Waals surface area contributed by atoms with Crippen LogP contribution >= 0.6 is 0 Å². The molecule has 3 aromatic carbocycles. The number of anilines is 1. The third-order valence-corrected chi connectivity index (χ3v) is 7.30. The molecule has 0 aromatic heterocycles. The topological polar surface area (TPSA) is 84.5 Å². The SMILES string of the molecule is O=C(Nc1ccc(S(=O)(=O)NC2CCCCC2)cc1)OC(c1ccccc1)c1ccccc1. The first-order valence-corrected chi connectivity index (χ1v) is 12.7. The second-order valence-corrected chi connectivity index (χ2v) is 9.93. The fraction of sp³-hybridized carbons (Fsp3) is 0.269. The summed E-state index contributed by atoms with van der Waals surface area (Å²) in [6.45, 7) is 0. The van der Waals surface area contributed by atoms with Crippen LogP contribution in [0.2, 0.25) is 0 Å². The zero-order valence-electron chi connectivity index (χ0n) is 18.3. The lowest BCUT2D eigenvalue weighted by Crippen LogP contribution is -2.36. The Morgan fingerprint density at radius 1 is 0.788 bits per heavy atom. The van der Waals surface area contributed by atoms with Crippen LogP contribution in [0.1, 0.15) is 49.3 Å². The summed E-state index contributed by atoms with van der Waals surface area (Å²) in [5.74, 6) is 0. The number of rotatable bonds is 7. The molecular weight excluding hydrogens is 436 g/mol. The Morgan fingerprint density at radius 2 is 1.33 bits per heavy atom. The van der Waals surface area contributed by atoms with Crippen LogP contribution in [0.15, 0.2) is 89.8 Å². The van der Waals surface area contributed by atoms with Crippen LogP contribution in [-0.2, 0) is 14.8 Å². The van der Waals surface area contributed by atoms with Crippen molar-refractivity contribution in [2.75, 3.05) is 5.32 Å². The predicted octanol–water partition coefficient (Wildman–Crippen LogP) is 5.64. The van der Waals surface area contributed by atoms with Gasteiger partial charge < -0.3 is 4.74 Å². The lowest BCUT2D eigenvalue weighted by Gasteiger charge is -2.22. The summed E-state index contributed by atoms with van der Waals surface area (Å²) >= 11 is 0. The molecule has 0 bridgehead atoms. The van der Waals surface area contributed by atoms with Crippen molar-refractivity contribution in [1.82, 2.24) is 4.72 Å². The van der Waals surface area contributed by atoms with Gasteiger partial charge in [0.05, 0.1) is 4.90 Å². The molecule has 172 valence electrons. The fourth-order valence-corrected chi connectivity index (χ4v) is 5.37. The molecule has 0 saturated heterocycles. The van der Waals surface area contributed by atoms with E-state index in [1.807, 2.05) is 60.7 Å². The number of ether oxygens (including phenoxy) is 1. The van der Waals surface area contributed by atoms with Crippen LogP contribution in [0.5, 0.6) is 0 Å². The van der Waals surface area contributed by atoms with E-state index < -0.39 is 22.2 Å². The molecule has 0 unspecified atom stereocenters. The monoisotopic (exact) mass is 464 g/mol. The predicted molar refractivity (Wildman–Crippen MR) is 128 cm³/mol. The number of amides is 1. The number of nitrogens with one attached hydrogen (secondary N) is 2. The highest BCUT2D eigenvalue weighted by Crippen LogP contribution is 2.27. The molecule has 3 aromatic rings. The molecule has 0 heterocycles. The van der Waals surface area contributed by atoms with Gasteiger partial charge in [0.15, 0.2) is 6.10 Å². The highest BCUT2D eigenvalue weighted by molar-refractivity contribution is 7.89. The molecule has 1 aliphatic rings. The van der Waals surface area contributed by atoms with Gasteiger partial charge in [-0.1, -0.05) is 79.9 Å². The van der Waals surface area contributed by atoms with Crippen molar-refractivity contribution in [1.29, 1.82) is 0 Å². The Kier molecular flexibility index (Phi) is 7.42. The van der Waals surface area contributed by atoms with Crippen LogP contribution in [0, 0.1) is 0 Å². The van der Waals surface area contributed by atoms with Crippen LogP contribution in [0.4, 0.5) is 10.5 Å². The molecule has 0 spiro atoms. The summed E-state index contributed by atoms with van der Waals surface area (Å²) in [5.41, 5.74) is 2.17. The third kappa shape index (κ3) is 6.21. The lowest BCUT2D eigenvalue weighted by atomic mass is 9.96. The second kappa shape index (κ2) is 10.6. The molecular formula is C26H28N2O4S. The second-order valence-electron chi connectivity index (χ2n) is 8.21. The van der Waals surface area contributed by atoms with Gasteiger partial charge in [0.25, 0.3) is 0 Å². The fourth-order valence-electron chi connectivity index (χ4n) is 4.06. The van der Waals surface area contributed by atoms with Gasteiger partial charge in [-0.05, 0) is 48.2 Å². The smallest absolute Gasteiger partial charge is 0.412 e. The van der Waals surface area contributed by atoms with Crippen molar-refractivity contribution < 1.29 is 17.9 Å². The summed E-state index contributed by atoms with van der Waals surface area (Å²) < 4.78 is 33.9. The zero-order chi connectivity index (χ0) is 23.1. The third-order valence-electron chi connectivity index (χ3n) is 5.77. The zero-order valence-corrected chi connectivity index (χ0v) is 19.1. The Hall–Kier alpha value is -3.16. The summed E-state index contributed by atoms with van der Waals surface area (Å²) in [5, 5.41) is 2.70. The molecule has 7 heteroatoms. The maximum atomic E-state index is 12.7. The first-order chi connectivity index (χ1) is 16.0. The maximum Gasteiger partial charge on any atom is 0.412 e. The number of hydrogen-bond acceptors (Lipinski definition) is 4. The number of hydrogen-bond donors (Lipinski definition) is 2. The quantitative estimate of drug-likeness (QED) is 0.474. The first-order valence-electron chi connectivity index (χ1n) is 11.2. The molecule has 0 aliphatic heterocycles. The average Bonchev–Trinajstić information content (AvgIpc) is 2.84. The largest absolute Gasteiger partial charge is 0.436 e. The molecule has 1 fully saturated rings. The van der Waals surface area contributed by atoms with Crippen LogP contribution in [0.25, 0.3) is 0 Å². The molecule has 4 rings (SSSR count). The highest BCUT2D eigenvalue weighted by Gasteiger charge is 2.22. The molecule has 1 amide bonds. The average molecular weight is 465 g/mol. The molecule has 2 N–H and O–H groups in total. The van der Waals surface area contributed by atoms with Crippen molar-refractivity contribution in [3.63, 3.8) is 0 Å². The standard InChI is InChI=1S/C26H28N2O4S/c29-26(32-25(20-10-4-1-5-11-20)21-12-6-2-7-13-21)27-22-16-18-24(19-17-22)33(30,31)28-23-14-8-3-9-15-23/h1-2,4-7,10-13,16-19,23,25,28H,3,8-9,14-15H2,(H,27,29). The van der Waals surface area contributed by atoms with E-state index in [0.29, 0.717) is 5.69 Å². The normalized spacial score (nSPS) is 14.7. The Bertz CT molecular complexity index is 1100. The minimum atomic E-state index is -3.59.